The fourth-order valence-corrected chi connectivity index (χ4v) is 1.76. The van der Waals surface area contributed by atoms with Gasteiger partial charge in [0.05, 0.1) is 6.10 Å². The Morgan fingerprint density at radius 3 is 2.48 bits per heavy atom. The first kappa shape index (κ1) is 14.9. The molecule has 2 N–H and O–H groups in total. The molecule has 0 radical (unpaired) electrons. The summed E-state index contributed by atoms with van der Waals surface area (Å²) in [6.45, 7) is 0.319. The molecule has 0 saturated heterocycles. The van der Waals surface area contributed by atoms with E-state index in [1.54, 1.807) is 26.2 Å². The van der Waals surface area contributed by atoms with Gasteiger partial charge in [0, 0.05) is 20.6 Å². The van der Waals surface area contributed by atoms with Crippen molar-refractivity contribution >= 4 is 11.7 Å². The van der Waals surface area contributed by atoms with Gasteiger partial charge in [-0.2, -0.15) is 0 Å². The highest BCUT2D eigenvalue weighted by atomic mass is 16.3. The van der Waals surface area contributed by atoms with E-state index in [-0.39, 0.29) is 11.6 Å². The van der Waals surface area contributed by atoms with Crippen LogP contribution in [0.1, 0.15) is 22.2 Å². The lowest BCUT2D eigenvalue weighted by atomic mass is 10.1. The molecule has 0 bridgehead atoms. The minimum absolute atomic E-state index is 0.196. The molecular formula is C15H18N4O2. The number of rotatable bonds is 5. The molecule has 6 nitrogen and oxygen atoms in total. The predicted molar refractivity (Wildman–Crippen MR) is 79.9 cm³/mol. The Morgan fingerprint density at radius 2 is 1.90 bits per heavy atom. The first-order chi connectivity index (χ1) is 10.1. The number of nitrogens with one attached hydrogen (secondary N) is 1. The number of anilines is 1. The van der Waals surface area contributed by atoms with Gasteiger partial charge in [-0.25, -0.2) is 0 Å². The zero-order chi connectivity index (χ0) is 15.2. The van der Waals surface area contributed by atoms with Gasteiger partial charge in [-0.3, -0.25) is 4.79 Å². The Labute approximate surface area is 123 Å². The van der Waals surface area contributed by atoms with Crippen LogP contribution in [0.3, 0.4) is 0 Å². The highest BCUT2D eigenvalue weighted by molar-refractivity contribution is 5.91. The second-order valence-electron chi connectivity index (χ2n) is 4.81. The molecule has 1 amide bonds. The Kier molecular flexibility index (Phi) is 4.84. The maximum Gasteiger partial charge on any atom is 0.273 e. The Bertz CT molecular complexity index is 584. The fourth-order valence-electron chi connectivity index (χ4n) is 1.76. The molecule has 1 aromatic heterocycles. The van der Waals surface area contributed by atoms with Gasteiger partial charge < -0.3 is 15.3 Å². The SMILES string of the molecule is CN(C)C(=O)c1ccc(NCC(O)c2ccccc2)nn1. The fraction of sp³-hybridized carbons (Fsp3) is 0.267. The van der Waals surface area contributed by atoms with Crippen LogP contribution < -0.4 is 5.32 Å². The van der Waals surface area contributed by atoms with E-state index in [4.69, 9.17) is 0 Å². The van der Waals surface area contributed by atoms with Crippen molar-refractivity contribution in [2.24, 2.45) is 0 Å². The summed E-state index contributed by atoms with van der Waals surface area (Å²) < 4.78 is 0. The van der Waals surface area contributed by atoms with E-state index in [0.717, 1.165) is 5.56 Å². The average Bonchev–Trinajstić information content (AvgIpc) is 2.53. The van der Waals surface area contributed by atoms with Gasteiger partial charge in [-0.15, -0.1) is 10.2 Å². The number of hydrogen-bond acceptors (Lipinski definition) is 5. The highest BCUT2D eigenvalue weighted by Crippen LogP contribution is 2.13. The first-order valence-corrected chi connectivity index (χ1v) is 6.60. The molecule has 6 heteroatoms. The maximum absolute atomic E-state index is 11.7. The highest BCUT2D eigenvalue weighted by Gasteiger charge is 2.11. The largest absolute Gasteiger partial charge is 0.387 e. The molecule has 110 valence electrons. The quantitative estimate of drug-likeness (QED) is 0.867. The summed E-state index contributed by atoms with van der Waals surface area (Å²) in [4.78, 5) is 13.1. The van der Waals surface area contributed by atoms with E-state index in [1.165, 1.54) is 4.90 Å². The summed E-state index contributed by atoms with van der Waals surface area (Å²) in [5.74, 6) is 0.318. The molecule has 2 aromatic rings. The second kappa shape index (κ2) is 6.81. The number of aromatic nitrogens is 2. The number of hydrogen-bond donors (Lipinski definition) is 2. The monoisotopic (exact) mass is 286 g/mol. The van der Waals surface area contributed by atoms with Crippen LogP contribution in [0.25, 0.3) is 0 Å². The van der Waals surface area contributed by atoms with E-state index in [9.17, 15) is 9.90 Å². The number of benzene rings is 1. The van der Waals surface area contributed by atoms with E-state index in [0.29, 0.717) is 12.4 Å². The molecule has 2 rings (SSSR count). The summed E-state index contributed by atoms with van der Waals surface area (Å²) in [6.07, 6.45) is -0.629. The van der Waals surface area contributed by atoms with Crippen LogP contribution in [0.2, 0.25) is 0 Å². The molecule has 0 aliphatic carbocycles. The van der Waals surface area contributed by atoms with Gasteiger partial charge in [0.2, 0.25) is 0 Å². The summed E-state index contributed by atoms with van der Waals surface area (Å²) in [5, 5.41) is 20.8. The summed E-state index contributed by atoms with van der Waals surface area (Å²) in [5.41, 5.74) is 1.12. The number of amides is 1. The van der Waals surface area contributed by atoms with Gasteiger partial charge in [0.25, 0.3) is 5.91 Å². The average molecular weight is 286 g/mol. The topological polar surface area (TPSA) is 78.4 Å². The molecule has 1 aromatic carbocycles. The smallest absolute Gasteiger partial charge is 0.273 e. The van der Waals surface area contributed by atoms with E-state index in [1.807, 2.05) is 30.3 Å². The summed E-state index contributed by atoms with van der Waals surface area (Å²) in [7, 11) is 3.32. The van der Waals surface area contributed by atoms with E-state index in [2.05, 4.69) is 15.5 Å². The first-order valence-electron chi connectivity index (χ1n) is 6.60. The predicted octanol–water partition coefficient (Wildman–Crippen LogP) is 1.32. The van der Waals surface area contributed by atoms with Gasteiger partial charge in [-0.1, -0.05) is 30.3 Å². The molecule has 0 aliphatic heterocycles. The lowest BCUT2D eigenvalue weighted by Gasteiger charge is -2.13. The summed E-state index contributed by atoms with van der Waals surface area (Å²) in [6, 6.07) is 12.6. The molecule has 0 aliphatic rings. The number of nitrogens with zero attached hydrogens (tertiary/aromatic N) is 3. The van der Waals surface area contributed by atoms with Crippen molar-refractivity contribution in [2.45, 2.75) is 6.10 Å². The van der Waals surface area contributed by atoms with Crippen molar-refractivity contribution in [1.82, 2.24) is 15.1 Å². The van der Waals surface area contributed by atoms with Crippen molar-refractivity contribution in [3.8, 4) is 0 Å². The van der Waals surface area contributed by atoms with Crippen LogP contribution in [0.5, 0.6) is 0 Å². The van der Waals surface area contributed by atoms with Gasteiger partial charge >= 0.3 is 0 Å². The third-order valence-corrected chi connectivity index (χ3v) is 2.95. The zero-order valence-electron chi connectivity index (χ0n) is 12.0. The molecule has 1 heterocycles. The molecular weight excluding hydrogens is 268 g/mol. The Hall–Kier alpha value is -2.47. The molecule has 0 saturated carbocycles. The lowest BCUT2D eigenvalue weighted by molar-refractivity contribution is 0.0821. The van der Waals surface area contributed by atoms with E-state index < -0.39 is 6.10 Å². The molecule has 0 fully saturated rings. The normalized spacial score (nSPS) is 11.8. The van der Waals surface area contributed by atoms with Crippen molar-refractivity contribution in [3.05, 3.63) is 53.7 Å². The maximum atomic E-state index is 11.7. The van der Waals surface area contributed by atoms with Crippen LogP contribution >= 0.6 is 0 Å². The molecule has 1 unspecified atom stereocenters. The third-order valence-electron chi connectivity index (χ3n) is 2.95. The number of aliphatic hydroxyl groups is 1. The second-order valence-corrected chi connectivity index (χ2v) is 4.81. The van der Waals surface area contributed by atoms with Crippen LogP contribution in [0.4, 0.5) is 5.82 Å². The van der Waals surface area contributed by atoms with Crippen LogP contribution in [-0.4, -0.2) is 46.8 Å². The number of carbonyl (C=O) groups excluding carboxylic acids is 1. The standard InChI is InChI=1S/C15H18N4O2/c1-19(2)15(21)12-8-9-14(18-17-12)16-10-13(20)11-6-4-3-5-7-11/h3-9,13,20H,10H2,1-2H3,(H,16,18). The lowest BCUT2D eigenvalue weighted by Crippen LogP contribution is -2.23. The third kappa shape index (κ3) is 4.00. The molecule has 1 atom stereocenters. The Balaban J connectivity index is 1.94. The van der Waals surface area contributed by atoms with Crippen molar-refractivity contribution in [1.29, 1.82) is 0 Å². The van der Waals surface area contributed by atoms with E-state index >= 15 is 0 Å². The van der Waals surface area contributed by atoms with Crippen LogP contribution in [0, 0.1) is 0 Å². The van der Waals surface area contributed by atoms with Gasteiger partial charge in [0.15, 0.2) is 5.69 Å². The van der Waals surface area contributed by atoms with Gasteiger partial charge in [-0.05, 0) is 17.7 Å². The number of carbonyl (C=O) groups is 1. The van der Waals surface area contributed by atoms with Crippen LogP contribution in [-0.2, 0) is 0 Å². The van der Waals surface area contributed by atoms with Gasteiger partial charge in [0.1, 0.15) is 5.82 Å². The summed E-state index contributed by atoms with van der Waals surface area (Å²) >= 11 is 0. The van der Waals surface area contributed by atoms with Crippen molar-refractivity contribution in [2.75, 3.05) is 26.0 Å². The minimum atomic E-state index is -0.629. The van der Waals surface area contributed by atoms with Crippen molar-refractivity contribution < 1.29 is 9.90 Å². The van der Waals surface area contributed by atoms with Crippen molar-refractivity contribution in [3.63, 3.8) is 0 Å². The zero-order valence-corrected chi connectivity index (χ0v) is 12.0. The molecule has 21 heavy (non-hydrogen) atoms. The minimum Gasteiger partial charge on any atom is -0.387 e. The Morgan fingerprint density at radius 1 is 1.19 bits per heavy atom. The number of aliphatic hydroxyl groups excluding tert-OH is 1. The van der Waals surface area contributed by atoms with Crippen LogP contribution in [0.15, 0.2) is 42.5 Å². The molecule has 0 spiro atoms.